The molecular formula is C38H90K2O12Si8. The molecule has 3 heterocycles. The van der Waals surface area contributed by atoms with Gasteiger partial charge in [0.05, 0.1) is 159 Å². The minimum Gasteiger partial charge on any atom is -0.377 e. The average Bonchev–Trinajstić information content (AvgIpc) is 3.10. The first-order valence-electron chi connectivity index (χ1n) is 21.9. The quantitative estimate of drug-likeness (QED) is 0.328. The van der Waals surface area contributed by atoms with E-state index >= 15 is 0 Å². The topological polar surface area (TPSA) is 111 Å². The maximum absolute atomic E-state index is 5.33. The first-order chi connectivity index (χ1) is 27.2. The molecule has 0 aromatic carbocycles. The maximum atomic E-state index is 5.33. The van der Waals surface area contributed by atoms with Gasteiger partial charge in [0.1, 0.15) is 0 Å². The molecule has 60 heavy (non-hydrogen) atoms. The normalized spacial score (nSPS) is 24.9. The Bertz CT molecular complexity index is 775. The van der Waals surface area contributed by atoms with E-state index in [0.717, 1.165) is 0 Å². The van der Waals surface area contributed by atoms with E-state index in [-0.39, 0.29) is 117 Å². The molecule has 22 heteroatoms. The van der Waals surface area contributed by atoms with Gasteiger partial charge < -0.3 is 56.8 Å². The van der Waals surface area contributed by atoms with Crippen molar-refractivity contribution in [2.45, 2.75) is 91.7 Å². The number of hydrogen-bond acceptors (Lipinski definition) is 12. The summed E-state index contributed by atoms with van der Waals surface area (Å²) in [5.41, 5.74) is 0. The fourth-order valence-corrected chi connectivity index (χ4v) is 369. The largest absolute Gasteiger partial charge is 1.00 e. The third kappa shape index (κ3) is 26.5. The SMILES string of the molecule is C1COCCOCCOCCOCCOCCO1.C1COCCOCCOCCOCCOCCO1.C[Si](C)(C)[Si-]1[Si](C)(C)[Si](C)(C)[Si-]([Si](C)(C)C)[Si](C)(C)[Si]1(C)C.[K+].[K+]. The Kier molecular flexibility index (Phi) is 40.5. The van der Waals surface area contributed by atoms with Crippen LogP contribution in [0.15, 0.2) is 0 Å². The number of rotatable bonds is 2. The Hall–Kier alpha value is 4.53. The van der Waals surface area contributed by atoms with Gasteiger partial charge in [0.25, 0.3) is 0 Å². The van der Waals surface area contributed by atoms with Crippen molar-refractivity contribution < 1.29 is 160 Å². The summed E-state index contributed by atoms with van der Waals surface area (Å²) < 4.78 is 63.9. The molecule has 3 rings (SSSR count). The van der Waals surface area contributed by atoms with E-state index in [0.29, 0.717) is 159 Å². The van der Waals surface area contributed by atoms with E-state index < -0.39 is 43.6 Å². The molecule has 0 saturated carbocycles. The van der Waals surface area contributed by atoms with Crippen LogP contribution in [-0.4, -0.2) is 217 Å². The van der Waals surface area contributed by atoms with Gasteiger partial charge in [-0.2, -0.15) is 0 Å². The van der Waals surface area contributed by atoms with Crippen molar-refractivity contribution in [3.63, 3.8) is 0 Å². The number of ether oxygens (including phenoxy) is 12. The molecule has 0 aromatic rings. The van der Waals surface area contributed by atoms with Crippen LogP contribution in [0.3, 0.4) is 0 Å². The summed E-state index contributed by atoms with van der Waals surface area (Å²) in [5, 5.41) is 0. The molecule has 3 fully saturated rings. The van der Waals surface area contributed by atoms with E-state index in [4.69, 9.17) is 56.8 Å². The molecule has 0 spiro atoms. The first kappa shape index (κ1) is 66.6. The van der Waals surface area contributed by atoms with Crippen LogP contribution in [0.2, 0.25) is 91.7 Å². The molecule has 12 nitrogen and oxygen atoms in total. The van der Waals surface area contributed by atoms with Gasteiger partial charge in [-0.05, 0) is 0 Å². The van der Waals surface area contributed by atoms with Crippen molar-refractivity contribution in [1.29, 1.82) is 0 Å². The summed E-state index contributed by atoms with van der Waals surface area (Å²) in [6.07, 6.45) is 0. The standard InChI is InChI=1S/C14H42Si8.2C12H24O6.2K/c1-17(2,3)15-19(7,8)21(11,12)16(18(4,5)6)22(13,14)20(15,9)10;2*1-2-14-5-6-16-9-10-18-12-11-17-8-7-15-4-3-13-1;;/h1-14H3;2*1-12H2;;/q-2;;;2*+1. The zero-order chi connectivity index (χ0) is 43.6. The summed E-state index contributed by atoms with van der Waals surface area (Å²) in [4.78, 5) is 0. The van der Waals surface area contributed by atoms with Gasteiger partial charge in [-0.25, -0.2) is 0 Å². The third-order valence-corrected chi connectivity index (χ3v) is 195. The second kappa shape index (κ2) is 36.5. The molecule has 0 unspecified atom stereocenters. The van der Waals surface area contributed by atoms with Crippen LogP contribution in [0.25, 0.3) is 0 Å². The predicted molar refractivity (Wildman–Crippen MR) is 258 cm³/mol. The molecule has 3 aliphatic rings. The molecule has 0 aromatic heterocycles. The second-order valence-corrected chi connectivity index (χ2v) is 106. The van der Waals surface area contributed by atoms with E-state index in [1.165, 1.54) is 0 Å². The van der Waals surface area contributed by atoms with Crippen LogP contribution in [0.5, 0.6) is 0 Å². The molecule has 0 radical (unpaired) electrons. The summed E-state index contributed by atoms with van der Waals surface area (Å²) in [6, 6.07) is 0. The molecule has 0 bridgehead atoms. The van der Waals surface area contributed by atoms with Crippen molar-refractivity contribution in [3.8, 4) is 0 Å². The summed E-state index contributed by atoms with van der Waals surface area (Å²) >= 11 is 0. The average molecular weight is 1040 g/mol. The monoisotopic (exact) mass is 1040 g/mol. The zero-order valence-corrected chi connectivity index (χ0v) is 56.1. The van der Waals surface area contributed by atoms with E-state index in [9.17, 15) is 0 Å². The van der Waals surface area contributed by atoms with Gasteiger partial charge in [-0.3, -0.25) is 14.7 Å². The van der Waals surface area contributed by atoms with Gasteiger partial charge in [0.15, 0.2) is 0 Å². The van der Waals surface area contributed by atoms with Crippen LogP contribution in [-0.2, 0) is 56.8 Å². The molecule has 0 aliphatic carbocycles. The van der Waals surface area contributed by atoms with Crippen molar-refractivity contribution in [1.82, 2.24) is 0 Å². The third-order valence-electron chi connectivity index (χ3n) is 11.6. The molecule has 3 saturated heterocycles. The summed E-state index contributed by atoms with van der Waals surface area (Å²) in [5.74, 6) is 0. The zero-order valence-electron chi connectivity index (χ0n) is 41.9. The van der Waals surface area contributed by atoms with E-state index in [2.05, 4.69) is 91.7 Å². The van der Waals surface area contributed by atoms with Gasteiger partial charge in [0, 0.05) is 0 Å². The van der Waals surface area contributed by atoms with Crippen LogP contribution in [0, 0.1) is 0 Å². The van der Waals surface area contributed by atoms with Crippen molar-refractivity contribution in [3.05, 3.63) is 0 Å². The molecule has 3 aliphatic heterocycles. The van der Waals surface area contributed by atoms with Crippen LogP contribution in [0.4, 0.5) is 0 Å². The van der Waals surface area contributed by atoms with Crippen LogP contribution in [0.1, 0.15) is 0 Å². The Morgan fingerprint density at radius 1 is 0.233 bits per heavy atom. The van der Waals surface area contributed by atoms with Crippen LogP contribution >= 0.6 is 0 Å². The Morgan fingerprint density at radius 3 is 0.383 bits per heavy atom. The molecular weight excluding hydrogens is 951 g/mol. The van der Waals surface area contributed by atoms with E-state index in [1.54, 1.807) is 0 Å². The molecule has 348 valence electrons. The first-order valence-corrected chi connectivity index (χ1v) is 51.9. The number of hydrogen-bond donors (Lipinski definition) is 0. The fourth-order valence-electron chi connectivity index (χ4n) is 9.20. The smallest absolute Gasteiger partial charge is 0.377 e. The maximum Gasteiger partial charge on any atom is 1.00 e. The fraction of sp³-hybridized carbons (Fsp3) is 1.00. The summed E-state index contributed by atoms with van der Waals surface area (Å²) in [7, 11) is -6.01. The molecule has 0 N–H and O–H groups in total. The van der Waals surface area contributed by atoms with E-state index in [1.807, 2.05) is 0 Å². The summed E-state index contributed by atoms with van der Waals surface area (Å²) in [6.45, 7) is 54.1. The minimum absolute atomic E-state index is 0. The Morgan fingerprint density at radius 2 is 0.317 bits per heavy atom. The van der Waals surface area contributed by atoms with Gasteiger partial charge in [-0.1, -0.05) is 39.3 Å². The predicted octanol–water partition coefficient (Wildman–Crippen LogP) is -0.666. The van der Waals surface area contributed by atoms with Crippen molar-refractivity contribution in [2.75, 3.05) is 159 Å². The van der Waals surface area contributed by atoms with Gasteiger partial charge in [-0.15, -0.1) is 96.0 Å². The molecule has 0 atom stereocenters. The van der Waals surface area contributed by atoms with Crippen molar-refractivity contribution in [2.24, 2.45) is 0 Å². The van der Waals surface area contributed by atoms with Crippen LogP contribution < -0.4 is 103 Å². The Labute approximate surface area is 461 Å². The minimum atomic E-state index is -1.00. The van der Waals surface area contributed by atoms with Gasteiger partial charge in [0.2, 0.25) is 0 Å². The Balaban J connectivity index is 0. The second-order valence-electron chi connectivity index (χ2n) is 19.1. The molecule has 0 amide bonds. The van der Waals surface area contributed by atoms with Crippen molar-refractivity contribution >= 4 is 58.3 Å². The van der Waals surface area contributed by atoms with Gasteiger partial charge >= 0.3 is 103 Å².